The van der Waals surface area contributed by atoms with Crippen molar-refractivity contribution in [3.8, 4) is 11.5 Å². The summed E-state index contributed by atoms with van der Waals surface area (Å²) >= 11 is 1.24. The molecule has 2 aromatic carbocycles. The first-order valence-electron chi connectivity index (χ1n) is 8.41. The molecule has 0 aliphatic rings. The van der Waals surface area contributed by atoms with Crippen LogP contribution in [0.25, 0.3) is 10.2 Å². The normalized spacial score (nSPS) is 11.4. The van der Waals surface area contributed by atoms with Gasteiger partial charge >= 0.3 is 0 Å². The predicted molar refractivity (Wildman–Crippen MR) is 109 cm³/mol. The number of benzene rings is 2. The van der Waals surface area contributed by atoms with Gasteiger partial charge in [-0.25, -0.2) is 13.4 Å². The highest BCUT2D eigenvalue weighted by Crippen LogP contribution is 2.29. The van der Waals surface area contributed by atoms with Crippen LogP contribution in [0.15, 0.2) is 41.3 Å². The largest absolute Gasteiger partial charge is 0.497 e. The molecule has 0 atom stereocenters. The molecule has 3 rings (SSSR count). The number of rotatable bonds is 7. The highest BCUT2D eigenvalue weighted by atomic mass is 32.2. The summed E-state index contributed by atoms with van der Waals surface area (Å²) in [6, 6.07) is 10.2. The van der Waals surface area contributed by atoms with Crippen molar-refractivity contribution in [1.82, 2.24) is 4.98 Å². The number of anilines is 1. The van der Waals surface area contributed by atoms with E-state index in [1.165, 1.54) is 17.4 Å². The highest BCUT2D eigenvalue weighted by Gasteiger charge is 2.13. The van der Waals surface area contributed by atoms with Gasteiger partial charge in [-0.2, -0.15) is 0 Å². The molecule has 1 aromatic heterocycles. The number of methoxy groups -OCH3 is 2. The second-order valence-electron chi connectivity index (χ2n) is 6.15. The van der Waals surface area contributed by atoms with Crippen LogP contribution in [0.3, 0.4) is 0 Å². The molecule has 0 saturated heterocycles. The smallest absolute Gasteiger partial charge is 0.226 e. The highest BCUT2D eigenvalue weighted by molar-refractivity contribution is 7.90. The van der Waals surface area contributed by atoms with Crippen molar-refractivity contribution < 1.29 is 22.7 Å². The number of nitrogens with one attached hydrogen (secondary N) is 1. The summed E-state index contributed by atoms with van der Waals surface area (Å²) < 4.78 is 34.6. The number of hydrogen-bond acceptors (Lipinski definition) is 7. The van der Waals surface area contributed by atoms with Crippen LogP contribution in [0.5, 0.6) is 11.5 Å². The molecule has 1 amide bonds. The van der Waals surface area contributed by atoms with Crippen molar-refractivity contribution >= 4 is 42.4 Å². The van der Waals surface area contributed by atoms with E-state index in [0.29, 0.717) is 33.3 Å². The topological polar surface area (TPSA) is 94.6 Å². The standard InChI is InChI=1S/C19H20N2O5S2/c1-25-13-5-8-16(26-2)12(10-13)4-9-18(22)21-19-20-15-7-6-14(28(3,23)24)11-17(15)27-19/h5-8,10-11H,4,9H2,1-3H3,(H,20,21,22). The van der Waals surface area contributed by atoms with Gasteiger partial charge in [0, 0.05) is 12.7 Å². The van der Waals surface area contributed by atoms with Gasteiger partial charge in [0.1, 0.15) is 11.5 Å². The number of hydrogen-bond donors (Lipinski definition) is 1. The number of aromatic nitrogens is 1. The third-order valence-corrected chi connectivity index (χ3v) is 6.19. The number of aryl methyl sites for hydroxylation is 1. The second kappa shape index (κ2) is 8.15. The van der Waals surface area contributed by atoms with E-state index in [1.807, 2.05) is 6.07 Å². The number of carbonyl (C=O) groups excluding carboxylic acids is 1. The minimum Gasteiger partial charge on any atom is -0.497 e. The maximum atomic E-state index is 12.3. The summed E-state index contributed by atoms with van der Waals surface area (Å²) in [4.78, 5) is 16.9. The van der Waals surface area contributed by atoms with E-state index < -0.39 is 9.84 Å². The first-order chi connectivity index (χ1) is 13.3. The zero-order valence-corrected chi connectivity index (χ0v) is 17.3. The fourth-order valence-corrected chi connectivity index (χ4v) is 4.34. The van der Waals surface area contributed by atoms with Gasteiger partial charge in [-0.1, -0.05) is 11.3 Å². The third-order valence-electron chi connectivity index (χ3n) is 4.14. The van der Waals surface area contributed by atoms with Gasteiger partial charge in [-0.05, 0) is 48.4 Å². The van der Waals surface area contributed by atoms with E-state index in [9.17, 15) is 13.2 Å². The van der Waals surface area contributed by atoms with Crippen molar-refractivity contribution in [2.45, 2.75) is 17.7 Å². The summed E-state index contributed by atoms with van der Waals surface area (Å²) in [5.74, 6) is 1.21. The van der Waals surface area contributed by atoms with Crippen LogP contribution in [0, 0.1) is 0 Å². The van der Waals surface area contributed by atoms with Gasteiger partial charge in [0.05, 0.1) is 29.3 Å². The number of amides is 1. The average molecular weight is 421 g/mol. The molecule has 0 unspecified atom stereocenters. The molecule has 1 heterocycles. The maximum absolute atomic E-state index is 12.3. The lowest BCUT2D eigenvalue weighted by atomic mass is 10.1. The van der Waals surface area contributed by atoms with E-state index in [-0.39, 0.29) is 17.2 Å². The summed E-state index contributed by atoms with van der Waals surface area (Å²) in [5, 5.41) is 3.21. The second-order valence-corrected chi connectivity index (χ2v) is 9.19. The molecule has 1 N–H and O–H groups in total. The number of ether oxygens (including phenoxy) is 2. The van der Waals surface area contributed by atoms with Crippen molar-refractivity contribution in [3.63, 3.8) is 0 Å². The van der Waals surface area contributed by atoms with E-state index >= 15 is 0 Å². The molecule has 0 radical (unpaired) electrons. The van der Waals surface area contributed by atoms with E-state index in [2.05, 4.69) is 10.3 Å². The van der Waals surface area contributed by atoms with Gasteiger partial charge in [0.15, 0.2) is 15.0 Å². The number of thiazole rings is 1. The summed E-state index contributed by atoms with van der Waals surface area (Å²) in [6.07, 6.45) is 1.88. The number of nitrogens with zero attached hydrogens (tertiary/aromatic N) is 1. The van der Waals surface area contributed by atoms with Crippen LogP contribution in [-0.2, 0) is 21.1 Å². The quantitative estimate of drug-likeness (QED) is 0.630. The Morgan fingerprint density at radius 1 is 1.14 bits per heavy atom. The molecular weight excluding hydrogens is 400 g/mol. The minimum atomic E-state index is -3.29. The van der Waals surface area contributed by atoms with E-state index in [0.717, 1.165) is 11.8 Å². The minimum absolute atomic E-state index is 0.188. The monoisotopic (exact) mass is 420 g/mol. The fourth-order valence-electron chi connectivity index (χ4n) is 2.70. The molecule has 28 heavy (non-hydrogen) atoms. The van der Waals surface area contributed by atoms with Crippen LogP contribution in [-0.4, -0.2) is 39.8 Å². The summed E-state index contributed by atoms with van der Waals surface area (Å²) in [7, 11) is -0.126. The van der Waals surface area contributed by atoms with Gasteiger partial charge in [-0.3, -0.25) is 4.79 Å². The fraction of sp³-hybridized carbons (Fsp3) is 0.263. The molecule has 148 valence electrons. The zero-order valence-electron chi connectivity index (χ0n) is 15.7. The number of fused-ring (bicyclic) bond motifs is 1. The third kappa shape index (κ3) is 4.60. The Balaban J connectivity index is 1.70. The molecule has 0 bridgehead atoms. The van der Waals surface area contributed by atoms with Crippen molar-refractivity contribution in [3.05, 3.63) is 42.0 Å². The van der Waals surface area contributed by atoms with E-state index in [1.54, 1.807) is 38.5 Å². The lowest BCUT2D eigenvalue weighted by Crippen LogP contribution is -2.12. The Bertz CT molecular complexity index is 1120. The number of sulfone groups is 1. The first kappa shape index (κ1) is 20.1. The summed E-state index contributed by atoms with van der Waals surface area (Å²) in [5.41, 5.74) is 1.52. The SMILES string of the molecule is COc1ccc(OC)c(CCC(=O)Nc2nc3ccc(S(C)(=O)=O)cc3s2)c1. The molecule has 0 spiro atoms. The molecule has 0 aliphatic heterocycles. The van der Waals surface area contributed by atoms with Crippen LogP contribution >= 0.6 is 11.3 Å². The van der Waals surface area contributed by atoms with Crippen molar-refractivity contribution in [2.24, 2.45) is 0 Å². The number of carbonyl (C=O) groups is 1. The Hall–Kier alpha value is -2.65. The maximum Gasteiger partial charge on any atom is 0.226 e. The molecule has 3 aromatic rings. The Labute approximate surface area is 167 Å². The Kier molecular flexibility index (Phi) is 5.85. The zero-order chi connectivity index (χ0) is 20.3. The first-order valence-corrected chi connectivity index (χ1v) is 11.1. The average Bonchev–Trinajstić information content (AvgIpc) is 3.06. The van der Waals surface area contributed by atoms with Crippen LogP contribution in [0.4, 0.5) is 5.13 Å². The molecular formula is C19H20N2O5S2. The predicted octanol–water partition coefficient (Wildman–Crippen LogP) is 3.29. The molecule has 0 fully saturated rings. The van der Waals surface area contributed by atoms with Crippen molar-refractivity contribution in [1.29, 1.82) is 0 Å². The van der Waals surface area contributed by atoms with E-state index in [4.69, 9.17) is 9.47 Å². The lowest BCUT2D eigenvalue weighted by Gasteiger charge is -2.10. The van der Waals surface area contributed by atoms with Gasteiger partial charge in [0.25, 0.3) is 0 Å². The molecule has 9 heteroatoms. The molecule has 7 nitrogen and oxygen atoms in total. The molecule has 0 saturated carbocycles. The van der Waals surface area contributed by atoms with Crippen LogP contribution in [0.2, 0.25) is 0 Å². The van der Waals surface area contributed by atoms with Gasteiger partial charge in [0.2, 0.25) is 5.91 Å². The Morgan fingerprint density at radius 3 is 2.61 bits per heavy atom. The van der Waals surface area contributed by atoms with Crippen LogP contribution < -0.4 is 14.8 Å². The lowest BCUT2D eigenvalue weighted by molar-refractivity contribution is -0.116. The van der Waals surface area contributed by atoms with Gasteiger partial charge < -0.3 is 14.8 Å². The van der Waals surface area contributed by atoms with Crippen LogP contribution in [0.1, 0.15) is 12.0 Å². The Morgan fingerprint density at radius 2 is 1.93 bits per heavy atom. The molecule has 0 aliphatic carbocycles. The van der Waals surface area contributed by atoms with Gasteiger partial charge in [-0.15, -0.1) is 0 Å². The summed E-state index contributed by atoms with van der Waals surface area (Å²) in [6.45, 7) is 0. The van der Waals surface area contributed by atoms with Crippen molar-refractivity contribution in [2.75, 3.05) is 25.8 Å².